The number of hydrogen-bond donors (Lipinski definition) is 3. The predicted molar refractivity (Wildman–Crippen MR) is 131 cm³/mol. The van der Waals surface area contributed by atoms with Gasteiger partial charge in [-0.25, -0.2) is 9.18 Å². The van der Waals surface area contributed by atoms with Crippen molar-refractivity contribution >= 4 is 18.4 Å². The van der Waals surface area contributed by atoms with Crippen LogP contribution < -0.4 is 19.5 Å². The summed E-state index contributed by atoms with van der Waals surface area (Å²) in [6.45, 7) is 1.17. The zero-order valence-corrected chi connectivity index (χ0v) is 19.7. The summed E-state index contributed by atoms with van der Waals surface area (Å²) in [4.78, 5) is 11.4. The molecule has 0 aliphatic carbocycles. The molecule has 0 saturated carbocycles. The average Bonchev–Trinajstić information content (AvgIpc) is 2.84. The van der Waals surface area contributed by atoms with E-state index in [1.165, 1.54) is 6.07 Å². The van der Waals surface area contributed by atoms with Crippen molar-refractivity contribution < 1.29 is 33.6 Å². The minimum absolute atomic E-state index is 0. The number of hydrogen-bond acceptors (Lipinski definition) is 6. The molecule has 1 aliphatic heterocycles. The summed E-state index contributed by atoms with van der Waals surface area (Å²) in [5.74, 6) is 0.0750. The lowest BCUT2D eigenvalue weighted by Crippen LogP contribution is -2.39. The molecule has 2 atom stereocenters. The Morgan fingerprint density at radius 3 is 2.69 bits per heavy atom. The predicted octanol–water partition coefficient (Wildman–Crippen LogP) is 4.46. The SMILES string of the molecule is Cl.O=C(O)c1cc(F)ccc1Oc1ccc2c(c1)CC[C@H](CNC[C@H](O)COc1ccccc1)O2. The summed E-state index contributed by atoms with van der Waals surface area (Å²) < 4.78 is 30.7. The number of benzene rings is 3. The van der Waals surface area contributed by atoms with Crippen LogP contribution >= 0.6 is 12.4 Å². The molecule has 0 bridgehead atoms. The van der Waals surface area contributed by atoms with Gasteiger partial charge in [-0.1, -0.05) is 18.2 Å². The van der Waals surface area contributed by atoms with Crippen LogP contribution in [-0.2, 0) is 6.42 Å². The Kier molecular flexibility index (Phi) is 9.31. The highest BCUT2D eigenvalue weighted by Crippen LogP contribution is 2.33. The van der Waals surface area contributed by atoms with E-state index in [9.17, 15) is 19.4 Å². The maximum Gasteiger partial charge on any atom is 0.339 e. The number of nitrogens with one attached hydrogen (secondary N) is 1. The molecule has 9 heteroatoms. The maximum absolute atomic E-state index is 13.4. The summed E-state index contributed by atoms with van der Waals surface area (Å²) in [6.07, 6.45) is 0.847. The Morgan fingerprint density at radius 2 is 1.91 bits per heavy atom. The van der Waals surface area contributed by atoms with Crippen LogP contribution in [0.25, 0.3) is 0 Å². The number of halogens is 2. The minimum atomic E-state index is -1.26. The largest absolute Gasteiger partial charge is 0.491 e. The van der Waals surface area contributed by atoms with Crippen molar-refractivity contribution in [1.82, 2.24) is 5.32 Å². The molecule has 0 fully saturated rings. The Balaban J connectivity index is 0.00000342. The number of aryl methyl sites for hydroxylation is 1. The van der Waals surface area contributed by atoms with Gasteiger partial charge in [0.05, 0.1) is 0 Å². The Hall–Kier alpha value is -3.33. The van der Waals surface area contributed by atoms with Crippen LogP contribution in [0.4, 0.5) is 4.39 Å². The van der Waals surface area contributed by atoms with E-state index in [0.717, 1.165) is 42.0 Å². The zero-order chi connectivity index (χ0) is 23.9. The molecule has 35 heavy (non-hydrogen) atoms. The second-order valence-electron chi connectivity index (χ2n) is 8.03. The van der Waals surface area contributed by atoms with Crippen LogP contribution in [0.3, 0.4) is 0 Å². The Morgan fingerprint density at radius 1 is 1.11 bits per heavy atom. The molecule has 3 aromatic carbocycles. The Labute approximate surface area is 208 Å². The molecule has 3 aromatic rings. The molecule has 0 aromatic heterocycles. The molecule has 0 amide bonds. The molecule has 0 radical (unpaired) electrons. The monoisotopic (exact) mass is 503 g/mol. The molecule has 186 valence electrons. The van der Waals surface area contributed by atoms with Gasteiger partial charge in [0, 0.05) is 13.1 Å². The van der Waals surface area contributed by atoms with E-state index in [1.54, 1.807) is 18.2 Å². The highest BCUT2D eigenvalue weighted by molar-refractivity contribution is 5.91. The van der Waals surface area contributed by atoms with Gasteiger partial charge >= 0.3 is 5.97 Å². The number of aliphatic hydroxyl groups is 1. The van der Waals surface area contributed by atoms with Crippen LogP contribution in [0.5, 0.6) is 23.0 Å². The van der Waals surface area contributed by atoms with Crippen LogP contribution in [0.1, 0.15) is 22.3 Å². The molecule has 1 heterocycles. The molecule has 0 spiro atoms. The Bertz CT molecular complexity index is 1130. The number of carbonyl (C=O) groups is 1. The van der Waals surface area contributed by atoms with Crippen molar-refractivity contribution in [2.45, 2.75) is 25.0 Å². The molecule has 3 N–H and O–H groups in total. The van der Waals surface area contributed by atoms with Crippen LogP contribution in [0.2, 0.25) is 0 Å². The zero-order valence-electron chi connectivity index (χ0n) is 18.9. The molecule has 0 saturated heterocycles. The van der Waals surface area contributed by atoms with Gasteiger partial charge in [-0.3, -0.25) is 0 Å². The van der Waals surface area contributed by atoms with E-state index in [-0.39, 0.29) is 36.4 Å². The van der Waals surface area contributed by atoms with E-state index in [2.05, 4.69) is 5.32 Å². The second-order valence-corrected chi connectivity index (χ2v) is 8.03. The topological polar surface area (TPSA) is 97.3 Å². The number of carboxylic acids is 1. The first-order valence-corrected chi connectivity index (χ1v) is 11.0. The number of para-hydroxylation sites is 1. The van der Waals surface area contributed by atoms with Gasteiger partial charge < -0.3 is 29.7 Å². The van der Waals surface area contributed by atoms with Gasteiger partial charge in [0.15, 0.2) is 0 Å². The van der Waals surface area contributed by atoms with Gasteiger partial charge in [0.2, 0.25) is 0 Å². The number of aromatic carboxylic acids is 1. The van der Waals surface area contributed by atoms with Gasteiger partial charge in [-0.2, -0.15) is 0 Å². The van der Waals surface area contributed by atoms with Crippen molar-refractivity contribution in [2.75, 3.05) is 19.7 Å². The fourth-order valence-corrected chi connectivity index (χ4v) is 3.69. The number of aliphatic hydroxyl groups excluding tert-OH is 1. The summed E-state index contributed by atoms with van der Waals surface area (Å²) in [6, 6.07) is 18.0. The molecule has 0 unspecified atom stereocenters. The molecular formula is C26H27ClFNO6. The van der Waals surface area contributed by atoms with Gasteiger partial charge in [-0.15, -0.1) is 12.4 Å². The number of fused-ring (bicyclic) bond motifs is 1. The van der Waals surface area contributed by atoms with Crippen LogP contribution in [0.15, 0.2) is 66.7 Å². The van der Waals surface area contributed by atoms with E-state index < -0.39 is 17.9 Å². The van der Waals surface area contributed by atoms with Gasteiger partial charge in [0.1, 0.15) is 53.2 Å². The van der Waals surface area contributed by atoms with Crippen molar-refractivity contribution in [3.05, 3.63) is 83.7 Å². The van der Waals surface area contributed by atoms with Crippen molar-refractivity contribution in [1.29, 1.82) is 0 Å². The van der Waals surface area contributed by atoms with E-state index in [0.29, 0.717) is 18.8 Å². The molecule has 7 nitrogen and oxygen atoms in total. The van der Waals surface area contributed by atoms with E-state index >= 15 is 0 Å². The highest BCUT2D eigenvalue weighted by Gasteiger charge is 2.21. The first-order valence-electron chi connectivity index (χ1n) is 11.0. The summed E-state index contributed by atoms with van der Waals surface area (Å²) in [5.41, 5.74) is 0.709. The van der Waals surface area contributed by atoms with E-state index in [1.807, 2.05) is 30.3 Å². The lowest BCUT2D eigenvalue weighted by Gasteiger charge is -2.27. The molecule has 4 rings (SSSR count). The third-order valence-electron chi connectivity index (χ3n) is 5.40. The van der Waals surface area contributed by atoms with E-state index in [4.69, 9.17) is 14.2 Å². The van der Waals surface area contributed by atoms with Crippen LogP contribution in [0, 0.1) is 5.82 Å². The average molecular weight is 504 g/mol. The normalized spacial score (nSPS) is 15.2. The van der Waals surface area contributed by atoms with Crippen molar-refractivity contribution in [3.8, 4) is 23.0 Å². The number of rotatable bonds is 10. The lowest BCUT2D eigenvalue weighted by molar-refractivity contribution is 0.0693. The molecule has 1 aliphatic rings. The first-order chi connectivity index (χ1) is 16.5. The first kappa shape index (κ1) is 26.3. The quantitative estimate of drug-likeness (QED) is 0.376. The third kappa shape index (κ3) is 7.32. The summed E-state index contributed by atoms with van der Waals surface area (Å²) in [7, 11) is 0. The smallest absolute Gasteiger partial charge is 0.339 e. The summed E-state index contributed by atoms with van der Waals surface area (Å²) in [5, 5.41) is 22.6. The fraction of sp³-hybridized carbons (Fsp3) is 0.269. The maximum atomic E-state index is 13.4. The van der Waals surface area contributed by atoms with Crippen LogP contribution in [-0.4, -0.2) is 48.1 Å². The summed E-state index contributed by atoms with van der Waals surface area (Å²) >= 11 is 0. The number of ether oxygens (including phenoxy) is 3. The standard InChI is InChI=1S/C26H26FNO6.ClH/c27-18-7-10-25(23(13-18)26(30)31)33-21-9-11-24-17(12-21)6-8-22(34-24)15-28-14-19(29)16-32-20-4-2-1-3-5-20;/h1-5,7,9-13,19,22,28-29H,6,8,14-16H2,(H,30,31);1H/t19-,22+;/m0./s1. The minimum Gasteiger partial charge on any atom is -0.491 e. The van der Waals surface area contributed by atoms with Crippen molar-refractivity contribution in [2.24, 2.45) is 0 Å². The van der Waals surface area contributed by atoms with Gasteiger partial charge in [-0.05, 0) is 66.9 Å². The van der Waals surface area contributed by atoms with Crippen molar-refractivity contribution in [3.63, 3.8) is 0 Å². The molecular weight excluding hydrogens is 477 g/mol. The second kappa shape index (κ2) is 12.4. The third-order valence-corrected chi connectivity index (χ3v) is 5.40. The van der Waals surface area contributed by atoms with Gasteiger partial charge in [0.25, 0.3) is 0 Å². The highest BCUT2D eigenvalue weighted by atomic mass is 35.5. The lowest BCUT2D eigenvalue weighted by atomic mass is 10.0. The number of carboxylic acid groups (broad SMARTS) is 1. The fourth-order valence-electron chi connectivity index (χ4n) is 3.69.